The maximum absolute atomic E-state index is 12.4. The van der Waals surface area contributed by atoms with E-state index >= 15 is 0 Å². The largest absolute Gasteiger partial charge is 0.504 e. The van der Waals surface area contributed by atoms with Gasteiger partial charge in [-0.15, -0.1) is 0 Å². The van der Waals surface area contributed by atoms with E-state index in [1.165, 1.54) is 18.6 Å². The summed E-state index contributed by atoms with van der Waals surface area (Å²) in [6.07, 6.45) is 5.88. The number of nitriles is 1. The monoisotopic (exact) mass is 328 g/mol. The molecule has 1 aromatic rings. The summed E-state index contributed by atoms with van der Waals surface area (Å²) < 4.78 is 5.33. The van der Waals surface area contributed by atoms with Crippen LogP contribution in [0.5, 0.6) is 11.5 Å². The molecule has 1 fully saturated rings. The molecule has 1 amide bonds. The Hall–Kier alpha value is -2.48. The van der Waals surface area contributed by atoms with Crippen molar-refractivity contribution in [3.05, 3.63) is 29.3 Å². The number of hydrogen-bond acceptors (Lipinski definition) is 4. The summed E-state index contributed by atoms with van der Waals surface area (Å²) in [7, 11) is 0. The first-order valence-electron chi connectivity index (χ1n) is 8.43. The molecule has 5 nitrogen and oxygen atoms in total. The Balaban J connectivity index is 2.15. The third kappa shape index (κ3) is 4.51. The van der Waals surface area contributed by atoms with Crippen molar-refractivity contribution in [1.29, 1.82) is 5.26 Å². The van der Waals surface area contributed by atoms with Gasteiger partial charge in [0.1, 0.15) is 11.6 Å². The number of carbonyl (C=O) groups excluding carboxylic acids is 1. The maximum atomic E-state index is 12.4. The fourth-order valence-corrected chi connectivity index (χ4v) is 2.98. The molecule has 5 heteroatoms. The molecule has 128 valence electrons. The number of amides is 1. The molecular formula is C19H24N2O3. The van der Waals surface area contributed by atoms with E-state index in [9.17, 15) is 15.2 Å². The van der Waals surface area contributed by atoms with E-state index in [1.807, 2.05) is 13.0 Å². The highest BCUT2D eigenvalue weighted by molar-refractivity contribution is 6.01. The second-order valence-electron chi connectivity index (χ2n) is 6.17. The van der Waals surface area contributed by atoms with Crippen molar-refractivity contribution >= 4 is 12.0 Å². The lowest BCUT2D eigenvalue weighted by atomic mass is 9.86. The SMILES string of the molecule is CCOc1cc(/C=C(\C#N)C(=O)N[C@H]2CCCC[C@@H]2C)ccc1O. The quantitative estimate of drug-likeness (QED) is 0.641. The molecule has 0 aromatic heterocycles. The predicted octanol–water partition coefficient (Wildman–Crippen LogP) is 3.39. The van der Waals surface area contributed by atoms with Crippen LogP contribution in [0.1, 0.15) is 45.1 Å². The normalized spacial score (nSPS) is 21.0. The number of carbonyl (C=O) groups is 1. The van der Waals surface area contributed by atoms with Gasteiger partial charge in [-0.05, 0) is 49.5 Å². The highest BCUT2D eigenvalue weighted by atomic mass is 16.5. The van der Waals surface area contributed by atoms with Crippen LogP contribution in [0.2, 0.25) is 0 Å². The number of benzene rings is 1. The second-order valence-corrected chi connectivity index (χ2v) is 6.17. The number of phenolic OH excluding ortho intramolecular Hbond substituents is 1. The molecule has 2 rings (SSSR count). The standard InChI is InChI=1S/C19H24N2O3/c1-3-24-18-11-14(8-9-17(18)22)10-15(12-20)19(23)21-16-7-5-4-6-13(16)2/h8-11,13,16,22H,3-7H2,1-2H3,(H,21,23)/b15-10+/t13-,16-/m0/s1. The number of rotatable bonds is 5. The Morgan fingerprint density at radius 3 is 2.88 bits per heavy atom. The Labute approximate surface area is 142 Å². The van der Waals surface area contributed by atoms with Gasteiger partial charge in [0, 0.05) is 6.04 Å². The van der Waals surface area contributed by atoms with Crippen molar-refractivity contribution in [1.82, 2.24) is 5.32 Å². The van der Waals surface area contributed by atoms with Gasteiger partial charge in [-0.3, -0.25) is 4.79 Å². The average molecular weight is 328 g/mol. The fraction of sp³-hybridized carbons (Fsp3) is 0.474. The maximum Gasteiger partial charge on any atom is 0.262 e. The molecule has 1 aliphatic carbocycles. The van der Waals surface area contributed by atoms with Crippen molar-refractivity contribution in [3.8, 4) is 17.6 Å². The summed E-state index contributed by atoms with van der Waals surface area (Å²) in [5.74, 6) is 0.459. The molecule has 0 unspecified atom stereocenters. The Morgan fingerprint density at radius 1 is 1.46 bits per heavy atom. The minimum Gasteiger partial charge on any atom is -0.504 e. The van der Waals surface area contributed by atoms with Crippen LogP contribution in [0.15, 0.2) is 23.8 Å². The molecule has 0 spiro atoms. The summed E-state index contributed by atoms with van der Waals surface area (Å²) in [6.45, 7) is 4.38. The predicted molar refractivity (Wildman–Crippen MR) is 92.4 cm³/mol. The van der Waals surface area contributed by atoms with E-state index < -0.39 is 0 Å². The Morgan fingerprint density at radius 2 is 2.21 bits per heavy atom. The van der Waals surface area contributed by atoms with Crippen LogP contribution in [0, 0.1) is 17.2 Å². The van der Waals surface area contributed by atoms with E-state index in [1.54, 1.807) is 12.1 Å². The molecule has 0 heterocycles. The van der Waals surface area contributed by atoms with Gasteiger partial charge in [0.15, 0.2) is 11.5 Å². The van der Waals surface area contributed by atoms with Crippen LogP contribution in [-0.4, -0.2) is 23.7 Å². The van der Waals surface area contributed by atoms with E-state index in [2.05, 4.69) is 12.2 Å². The van der Waals surface area contributed by atoms with Gasteiger partial charge in [-0.2, -0.15) is 5.26 Å². The van der Waals surface area contributed by atoms with E-state index in [0.29, 0.717) is 23.8 Å². The van der Waals surface area contributed by atoms with Gasteiger partial charge < -0.3 is 15.2 Å². The van der Waals surface area contributed by atoms with E-state index in [-0.39, 0.29) is 23.3 Å². The molecule has 0 bridgehead atoms. The topological polar surface area (TPSA) is 82.3 Å². The number of phenols is 1. The lowest BCUT2D eigenvalue weighted by Gasteiger charge is -2.29. The smallest absolute Gasteiger partial charge is 0.262 e. The van der Waals surface area contributed by atoms with Crippen molar-refractivity contribution in [2.24, 2.45) is 5.92 Å². The molecule has 1 saturated carbocycles. The molecule has 2 atom stereocenters. The van der Waals surface area contributed by atoms with E-state index in [0.717, 1.165) is 19.3 Å². The van der Waals surface area contributed by atoms with Gasteiger partial charge in [-0.25, -0.2) is 0 Å². The zero-order valence-electron chi connectivity index (χ0n) is 14.2. The molecule has 0 radical (unpaired) electrons. The average Bonchev–Trinajstić information content (AvgIpc) is 2.57. The molecule has 0 aliphatic heterocycles. The van der Waals surface area contributed by atoms with Gasteiger partial charge in [0.25, 0.3) is 5.91 Å². The molecular weight excluding hydrogens is 304 g/mol. The third-order valence-electron chi connectivity index (χ3n) is 4.39. The summed E-state index contributed by atoms with van der Waals surface area (Å²) in [5, 5.41) is 22.0. The molecule has 24 heavy (non-hydrogen) atoms. The molecule has 1 aromatic carbocycles. The first kappa shape index (κ1) is 17.9. The van der Waals surface area contributed by atoms with Crippen molar-refractivity contribution < 1.29 is 14.6 Å². The summed E-state index contributed by atoms with van der Waals surface area (Å²) in [6, 6.07) is 6.85. The highest BCUT2D eigenvalue weighted by Crippen LogP contribution is 2.28. The van der Waals surface area contributed by atoms with Crippen LogP contribution < -0.4 is 10.1 Å². The van der Waals surface area contributed by atoms with Crippen LogP contribution in [0.25, 0.3) is 6.08 Å². The molecule has 1 aliphatic rings. The van der Waals surface area contributed by atoms with Gasteiger partial charge >= 0.3 is 0 Å². The number of ether oxygens (including phenoxy) is 1. The first-order valence-corrected chi connectivity index (χ1v) is 8.43. The second kappa shape index (κ2) is 8.39. The fourth-order valence-electron chi connectivity index (χ4n) is 2.98. The summed E-state index contributed by atoms with van der Waals surface area (Å²) >= 11 is 0. The van der Waals surface area contributed by atoms with Crippen LogP contribution in [-0.2, 0) is 4.79 Å². The highest BCUT2D eigenvalue weighted by Gasteiger charge is 2.24. The zero-order chi connectivity index (χ0) is 17.5. The van der Waals surface area contributed by atoms with Crippen LogP contribution in [0.3, 0.4) is 0 Å². The van der Waals surface area contributed by atoms with Gasteiger partial charge in [0.2, 0.25) is 0 Å². The number of nitrogens with zero attached hydrogens (tertiary/aromatic N) is 1. The van der Waals surface area contributed by atoms with Gasteiger partial charge in [-0.1, -0.05) is 25.8 Å². The third-order valence-corrected chi connectivity index (χ3v) is 4.39. The first-order chi connectivity index (χ1) is 11.5. The van der Waals surface area contributed by atoms with Crippen LogP contribution in [0.4, 0.5) is 0 Å². The lowest BCUT2D eigenvalue weighted by molar-refractivity contribution is -0.118. The van der Waals surface area contributed by atoms with Crippen molar-refractivity contribution in [2.45, 2.75) is 45.6 Å². The van der Waals surface area contributed by atoms with Crippen molar-refractivity contribution in [3.63, 3.8) is 0 Å². The Kier molecular flexibility index (Phi) is 6.25. The van der Waals surface area contributed by atoms with Gasteiger partial charge in [0.05, 0.1) is 6.61 Å². The number of aromatic hydroxyl groups is 1. The summed E-state index contributed by atoms with van der Waals surface area (Å²) in [5.41, 5.74) is 0.695. The minimum absolute atomic E-state index is 0.0352. The summed E-state index contributed by atoms with van der Waals surface area (Å²) in [4.78, 5) is 12.4. The van der Waals surface area contributed by atoms with E-state index in [4.69, 9.17) is 4.74 Å². The Bertz CT molecular complexity index is 661. The molecule has 2 N–H and O–H groups in total. The molecule has 0 saturated heterocycles. The number of hydrogen-bond donors (Lipinski definition) is 2. The minimum atomic E-state index is -0.345. The zero-order valence-corrected chi connectivity index (χ0v) is 14.2. The number of nitrogens with one attached hydrogen (secondary N) is 1. The van der Waals surface area contributed by atoms with Crippen molar-refractivity contribution in [2.75, 3.05) is 6.61 Å². The lowest BCUT2D eigenvalue weighted by Crippen LogP contribution is -2.41. The van der Waals surface area contributed by atoms with Crippen LogP contribution >= 0.6 is 0 Å².